The van der Waals surface area contributed by atoms with Gasteiger partial charge in [-0.05, 0) is 53.6 Å². The van der Waals surface area contributed by atoms with Gasteiger partial charge in [0.25, 0.3) is 11.5 Å². The lowest BCUT2D eigenvalue weighted by Gasteiger charge is -2.18. The second-order valence-electron chi connectivity index (χ2n) is 8.67. The van der Waals surface area contributed by atoms with Crippen molar-refractivity contribution in [2.24, 2.45) is 0 Å². The number of halogens is 1. The number of para-hydroxylation sites is 1. The smallest absolute Gasteiger partial charge is 0.266 e. The average molecular weight is 526 g/mol. The maximum Gasteiger partial charge on any atom is 0.266 e. The van der Waals surface area contributed by atoms with E-state index in [1.165, 1.54) is 11.8 Å². The number of carbonyl (C=O) groups is 1. The van der Waals surface area contributed by atoms with Crippen molar-refractivity contribution < 1.29 is 4.79 Å². The number of nitrogens with zero attached hydrogens (tertiary/aromatic N) is 3. The van der Waals surface area contributed by atoms with Gasteiger partial charge in [-0.15, -0.1) is 0 Å². The lowest BCUT2D eigenvalue weighted by Crippen LogP contribution is -2.26. The molecule has 0 saturated carbocycles. The maximum absolute atomic E-state index is 13.7. The molecule has 0 aliphatic heterocycles. The molecule has 184 valence electrons. The quantitative estimate of drug-likeness (QED) is 0.177. The Morgan fingerprint density at radius 1 is 0.892 bits per heavy atom. The first-order chi connectivity index (χ1) is 18.0. The van der Waals surface area contributed by atoms with E-state index in [0.29, 0.717) is 38.9 Å². The molecule has 1 heterocycles. The number of benzene rings is 4. The third kappa shape index (κ3) is 5.61. The predicted molar refractivity (Wildman–Crippen MR) is 151 cm³/mol. The van der Waals surface area contributed by atoms with Gasteiger partial charge in [-0.2, -0.15) is 0 Å². The molecule has 0 fully saturated rings. The fraction of sp³-hybridized carbons (Fsp3) is 0.100. The molecule has 0 aliphatic carbocycles. The van der Waals surface area contributed by atoms with E-state index in [4.69, 9.17) is 16.6 Å². The summed E-state index contributed by atoms with van der Waals surface area (Å²) in [5.74, 6) is 0.456. The third-order valence-corrected chi connectivity index (χ3v) is 7.21. The van der Waals surface area contributed by atoms with Crippen LogP contribution in [0.1, 0.15) is 21.5 Å². The predicted octanol–water partition coefficient (Wildman–Crippen LogP) is 6.60. The molecule has 0 N–H and O–H groups in total. The van der Waals surface area contributed by atoms with E-state index in [9.17, 15) is 9.59 Å². The monoisotopic (exact) mass is 525 g/mol. The van der Waals surface area contributed by atoms with Crippen LogP contribution in [0.4, 0.5) is 0 Å². The van der Waals surface area contributed by atoms with Crippen LogP contribution in [0.2, 0.25) is 5.02 Å². The van der Waals surface area contributed by atoms with Crippen molar-refractivity contribution in [2.75, 3.05) is 7.05 Å². The maximum atomic E-state index is 13.7. The topological polar surface area (TPSA) is 55.2 Å². The van der Waals surface area contributed by atoms with Gasteiger partial charge in [-0.1, -0.05) is 84.0 Å². The first kappa shape index (κ1) is 24.8. The molecule has 4 aromatic carbocycles. The van der Waals surface area contributed by atoms with Crippen molar-refractivity contribution >= 4 is 40.2 Å². The number of thioether (sulfide) groups is 1. The van der Waals surface area contributed by atoms with E-state index in [1.54, 1.807) is 34.7 Å². The highest BCUT2D eigenvalue weighted by Gasteiger charge is 2.17. The van der Waals surface area contributed by atoms with Crippen molar-refractivity contribution in [3.05, 3.63) is 135 Å². The summed E-state index contributed by atoms with van der Waals surface area (Å²) in [5, 5.41) is 1.66. The van der Waals surface area contributed by atoms with Gasteiger partial charge in [0.1, 0.15) is 0 Å². The van der Waals surface area contributed by atoms with Crippen LogP contribution in [0.15, 0.2) is 113 Å². The molecule has 1 amide bonds. The Labute approximate surface area is 224 Å². The summed E-state index contributed by atoms with van der Waals surface area (Å²) in [6.45, 7) is 0.488. The lowest BCUT2D eigenvalue weighted by molar-refractivity contribution is 0.0785. The first-order valence-corrected chi connectivity index (χ1v) is 13.1. The van der Waals surface area contributed by atoms with E-state index < -0.39 is 0 Å². The molecule has 1 aromatic heterocycles. The van der Waals surface area contributed by atoms with Crippen LogP contribution in [0.3, 0.4) is 0 Å². The van der Waals surface area contributed by atoms with Gasteiger partial charge in [0.2, 0.25) is 0 Å². The number of hydrogen-bond acceptors (Lipinski definition) is 4. The molecule has 0 saturated heterocycles. The van der Waals surface area contributed by atoms with Gasteiger partial charge in [-0.3, -0.25) is 14.2 Å². The zero-order valence-corrected chi connectivity index (χ0v) is 21.7. The summed E-state index contributed by atoms with van der Waals surface area (Å²) in [4.78, 5) is 33.4. The van der Waals surface area contributed by atoms with Crippen LogP contribution < -0.4 is 5.56 Å². The van der Waals surface area contributed by atoms with Gasteiger partial charge >= 0.3 is 0 Å². The van der Waals surface area contributed by atoms with Crippen molar-refractivity contribution in [3.63, 3.8) is 0 Å². The fourth-order valence-electron chi connectivity index (χ4n) is 4.12. The summed E-state index contributed by atoms with van der Waals surface area (Å²) in [6, 6.07) is 32.0. The molecular formula is C30H24ClN3O2S. The molecule has 0 unspecified atom stereocenters. The molecule has 37 heavy (non-hydrogen) atoms. The number of aromatic nitrogens is 2. The number of carbonyl (C=O) groups excluding carboxylic acids is 1. The zero-order chi connectivity index (χ0) is 25.8. The normalized spacial score (nSPS) is 11.0. The average Bonchev–Trinajstić information content (AvgIpc) is 2.92. The van der Waals surface area contributed by atoms with Crippen LogP contribution in [-0.4, -0.2) is 27.4 Å². The third-order valence-electron chi connectivity index (χ3n) is 5.97. The summed E-state index contributed by atoms with van der Waals surface area (Å²) in [7, 11) is 1.77. The molecule has 5 nitrogen and oxygen atoms in total. The molecule has 5 aromatic rings. The summed E-state index contributed by atoms with van der Waals surface area (Å²) in [6.07, 6.45) is 0. The van der Waals surface area contributed by atoms with Crippen molar-refractivity contribution in [1.29, 1.82) is 0 Å². The van der Waals surface area contributed by atoms with E-state index >= 15 is 0 Å². The van der Waals surface area contributed by atoms with E-state index in [0.717, 1.165) is 16.8 Å². The van der Waals surface area contributed by atoms with Gasteiger partial charge in [0.05, 0.1) is 16.6 Å². The van der Waals surface area contributed by atoms with Crippen molar-refractivity contribution in [2.45, 2.75) is 17.5 Å². The molecule has 0 aliphatic rings. The minimum absolute atomic E-state index is 0.132. The highest BCUT2D eigenvalue weighted by molar-refractivity contribution is 7.98. The van der Waals surface area contributed by atoms with E-state index in [-0.39, 0.29) is 11.5 Å². The second kappa shape index (κ2) is 11.0. The largest absolute Gasteiger partial charge is 0.337 e. The highest BCUT2D eigenvalue weighted by atomic mass is 35.5. The Balaban J connectivity index is 1.53. The number of amides is 1. The second-order valence-corrected chi connectivity index (χ2v) is 10.0. The molecule has 0 spiro atoms. The standard InChI is InChI=1S/C30H24ClN3O2S/c1-33(19-21-9-4-2-5-10-21)28(35)23-15-16-26-27(18-23)32-30(37-20-22-11-8-12-24(31)17-22)34(29(26)36)25-13-6-3-7-14-25/h2-18H,19-20H2,1H3. The molecule has 0 bridgehead atoms. The van der Waals surface area contributed by atoms with Gasteiger partial charge in [0, 0.05) is 29.9 Å². The van der Waals surface area contributed by atoms with Gasteiger partial charge < -0.3 is 4.90 Å². The molecule has 7 heteroatoms. The van der Waals surface area contributed by atoms with Crippen molar-refractivity contribution in [3.8, 4) is 5.69 Å². The SMILES string of the molecule is CN(Cc1ccccc1)C(=O)c1ccc2c(=O)n(-c3ccccc3)c(SCc3cccc(Cl)c3)nc2c1. The Morgan fingerprint density at radius 2 is 1.59 bits per heavy atom. The zero-order valence-electron chi connectivity index (χ0n) is 20.2. The summed E-state index contributed by atoms with van der Waals surface area (Å²) < 4.78 is 1.63. The molecular weight excluding hydrogens is 502 g/mol. The summed E-state index contributed by atoms with van der Waals surface area (Å²) >= 11 is 7.62. The van der Waals surface area contributed by atoms with Crippen LogP contribution >= 0.6 is 23.4 Å². The Kier molecular flexibility index (Phi) is 7.40. The van der Waals surface area contributed by atoms with E-state index in [2.05, 4.69) is 0 Å². The molecule has 5 rings (SSSR count). The number of hydrogen-bond donors (Lipinski definition) is 0. The van der Waals surface area contributed by atoms with Gasteiger partial charge in [-0.25, -0.2) is 4.98 Å². The number of fused-ring (bicyclic) bond motifs is 1. The Bertz CT molecular complexity index is 1620. The van der Waals surface area contributed by atoms with Crippen molar-refractivity contribution in [1.82, 2.24) is 14.5 Å². The minimum Gasteiger partial charge on any atom is -0.337 e. The first-order valence-electron chi connectivity index (χ1n) is 11.8. The van der Waals surface area contributed by atoms with Gasteiger partial charge in [0.15, 0.2) is 5.16 Å². The lowest BCUT2D eigenvalue weighted by atomic mass is 10.1. The number of rotatable bonds is 7. The fourth-order valence-corrected chi connectivity index (χ4v) is 5.29. The Hall–Kier alpha value is -3.87. The van der Waals surface area contributed by atoms with E-state index in [1.807, 2.05) is 84.9 Å². The molecule has 0 radical (unpaired) electrons. The van der Waals surface area contributed by atoms with Crippen LogP contribution in [-0.2, 0) is 12.3 Å². The van der Waals surface area contributed by atoms with Crippen LogP contribution in [0.5, 0.6) is 0 Å². The molecule has 0 atom stereocenters. The Morgan fingerprint density at radius 3 is 2.32 bits per heavy atom. The van der Waals surface area contributed by atoms with Crippen LogP contribution in [0.25, 0.3) is 16.6 Å². The highest BCUT2D eigenvalue weighted by Crippen LogP contribution is 2.26. The summed E-state index contributed by atoms with van der Waals surface area (Å²) in [5.41, 5.74) is 3.60. The minimum atomic E-state index is -0.179. The van der Waals surface area contributed by atoms with Crippen LogP contribution in [0, 0.1) is 0 Å².